The van der Waals surface area contributed by atoms with Crippen molar-refractivity contribution in [2.24, 2.45) is 23.7 Å². The molecule has 0 bridgehead atoms. The molecule has 4 aromatic carbocycles. The largest absolute Gasteiger partial charge is 0.507 e. The molecule has 3 fully saturated rings. The van der Waals surface area contributed by atoms with Gasteiger partial charge in [-0.25, -0.2) is 4.39 Å². The number of hydrogen-bond donors (Lipinski definition) is 2. The van der Waals surface area contributed by atoms with Crippen LogP contribution >= 0.6 is 11.6 Å². The van der Waals surface area contributed by atoms with Crippen LogP contribution in [0.1, 0.15) is 52.7 Å². The molecule has 2 aliphatic heterocycles. The van der Waals surface area contributed by atoms with Gasteiger partial charge in [-0.2, -0.15) is 5.01 Å². The van der Waals surface area contributed by atoms with E-state index >= 15 is 4.79 Å². The first kappa shape index (κ1) is 35.2. The third-order valence-electron chi connectivity index (χ3n) is 11.6. The van der Waals surface area contributed by atoms with Crippen LogP contribution in [0, 0.1) is 29.5 Å². The third-order valence-corrected chi connectivity index (χ3v) is 11.9. The lowest BCUT2D eigenvalue weighted by molar-refractivity contribution is -0.138. The van der Waals surface area contributed by atoms with Crippen molar-refractivity contribution in [1.29, 1.82) is 0 Å². The number of anilines is 2. The number of ketones is 1. The lowest BCUT2D eigenvalue weighted by atomic mass is 9.49. The van der Waals surface area contributed by atoms with E-state index in [1.165, 1.54) is 31.2 Å². The number of phenols is 1. The van der Waals surface area contributed by atoms with Crippen molar-refractivity contribution in [3.63, 3.8) is 0 Å². The number of fused-ring (bicyclic) bond motifs is 4. The average molecular weight is 744 g/mol. The highest BCUT2D eigenvalue weighted by molar-refractivity contribution is 6.30. The number of nitrogens with zero attached hydrogens (tertiary/aromatic N) is 2. The molecule has 0 radical (unpaired) electrons. The van der Waals surface area contributed by atoms with Crippen molar-refractivity contribution in [2.45, 2.75) is 37.5 Å². The zero-order valence-electron chi connectivity index (χ0n) is 29.2. The van der Waals surface area contributed by atoms with E-state index < -0.39 is 58.5 Å². The standard InChI is InChI=1S/C43H35ClFN3O6/c1-3-5-25-6-4-7-33(38(25)50)37-31-20-21-32-36(41(53)47(39(32)51)30-18-8-24(9-19-30)23(2)49)34(31)22-35-40(52)48(46-29-16-14-28(45)15-17-29)42(54)43(35,37)26-10-12-27(44)13-11-26/h3-4,6-20,32,34-37,46,50H,1,5,21-22H2,2H3/t32-,34+,35-,36-,37+,43+/m0/s1. The molecular formula is C43H35ClFN3O6. The van der Waals surface area contributed by atoms with Gasteiger partial charge in [0.05, 0.1) is 34.5 Å². The molecule has 9 nitrogen and oxygen atoms in total. The van der Waals surface area contributed by atoms with Crippen molar-refractivity contribution >= 4 is 52.4 Å². The number of imide groups is 2. The molecule has 11 heteroatoms. The number of amides is 4. The summed E-state index contributed by atoms with van der Waals surface area (Å²) in [6, 6.07) is 23.6. The van der Waals surface area contributed by atoms with Crippen LogP contribution in [0.5, 0.6) is 5.75 Å². The number of para-hydroxylation sites is 1. The van der Waals surface area contributed by atoms with Crippen molar-refractivity contribution < 1.29 is 33.5 Å². The fourth-order valence-electron chi connectivity index (χ4n) is 9.26. The summed E-state index contributed by atoms with van der Waals surface area (Å²) in [6.07, 6.45) is 4.12. The highest BCUT2D eigenvalue weighted by atomic mass is 35.5. The van der Waals surface area contributed by atoms with Gasteiger partial charge in [-0.05, 0) is 104 Å². The van der Waals surface area contributed by atoms with Crippen molar-refractivity contribution in [3.8, 4) is 5.75 Å². The Labute approximate surface area is 315 Å². The summed E-state index contributed by atoms with van der Waals surface area (Å²) in [5.41, 5.74) is 4.48. The minimum atomic E-state index is -1.64. The molecule has 4 aromatic rings. The summed E-state index contributed by atoms with van der Waals surface area (Å²) in [5.74, 6) is -6.98. The van der Waals surface area contributed by atoms with Gasteiger partial charge in [0.2, 0.25) is 11.8 Å². The minimum Gasteiger partial charge on any atom is -0.507 e. The number of rotatable bonds is 8. The number of halogens is 2. The van der Waals surface area contributed by atoms with E-state index in [1.54, 1.807) is 72.8 Å². The Morgan fingerprint density at radius 1 is 0.944 bits per heavy atom. The zero-order valence-corrected chi connectivity index (χ0v) is 29.9. The van der Waals surface area contributed by atoms with Crippen LogP contribution in [0.2, 0.25) is 5.02 Å². The van der Waals surface area contributed by atoms with Crippen LogP contribution < -0.4 is 10.3 Å². The molecule has 2 heterocycles. The second-order valence-electron chi connectivity index (χ2n) is 14.3. The molecule has 4 aliphatic rings. The summed E-state index contributed by atoms with van der Waals surface area (Å²) >= 11 is 6.37. The fourth-order valence-corrected chi connectivity index (χ4v) is 9.39. The van der Waals surface area contributed by atoms with Gasteiger partial charge in [-0.1, -0.05) is 59.7 Å². The normalized spacial score (nSPS) is 25.9. The van der Waals surface area contributed by atoms with E-state index in [-0.39, 0.29) is 30.3 Å². The van der Waals surface area contributed by atoms with Crippen molar-refractivity contribution in [2.75, 3.05) is 10.3 Å². The van der Waals surface area contributed by atoms with Gasteiger partial charge in [0.15, 0.2) is 5.78 Å². The Morgan fingerprint density at radius 3 is 2.31 bits per heavy atom. The number of Topliss-reactive ketones (excluding diaryl/α,β-unsaturated/α-hetero) is 1. The minimum absolute atomic E-state index is 0.0432. The summed E-state index contributed by atoms with van der Waals surface area (Å²) in [4.78, 5) is 71.9. The topological polar surface area (TPSA) is 124 Å². The first-order valence-corrected chi connectivity index (χ1v) is 18.1. The maximum atomic E-state index is 15.3. The van der Waals surface area contributed by atoms with E-state index in [9.17, 15) is 28.7 Å². The number of carbonyl (C=O) groups is 5. The molecule has 4 amide bonds. The van der Waals surface area contributed by atoms with Crippen LogP contribution in [0.15, 0.2) is 115 Å². The molecule has 2 aliphatic carbocycles. The molecule has 0 unspecified atom stereocenters. The van der Waals surface area contributed by atoms with E-state index in [2.05, 4.69) is 12.0 Å². The molecule has 272 valence electrons. The summed E-state index contributed by atoms with van der Waals surface area (Å²) in [5, 5.41) is 13.4. The number of hydrogen-bond acceptors (Lipinski definition) is 7. The molecular weight excluding hydrogens is 709 g/mol. The lowest BCUT2D eigenvalue weighted by Crippen LogP contribution is -2.53. The first-order valence-electron chi connectivity index (χ1n) is 17.7. The highest BCUT2D eigenvalue weighted by Gasteiger charge is 2.70. The first-order chi connectivity index (χ1) is 26.0. The molecule has 6 atom stereocenters. The SMILES string of the molecule is C=CCc1cccc([C@H]2C3=CC[C@@H]4C(=O)N(c5ccc(C(C)=O)cc5)C(=O)[C@@H]4[C@@H]3C[C@H]3C(=O)N(Nc4ccc(F)cc4)C(=O)[C@@]23c2ccc(Cl)cc2)c1O. The number of carbonyl (C=O) groups excluding carboxylic acids is 5. The van der Waals surface area contributed by atoms with Gasteiger partial charge in [-0.3, -0.25) is 34.3 Å². The Balaban J connectivity index is 1.32. The molecule has 54 heavy (non-hydrogen) atoms. The van der Waals surface area contributed by atoms with Gasteiger partial charge < -0.3 is 5.11 Å². The average Bonchev–Trinajstić information content (AvgIpc) is 3.54. The highest BCUT2D eigenvalue weighted by Crippen LogP contribution is 2.65. The number of aromatic hydroxyl groups is 1. The Bertz CT molecular complexity index is 2290. The third kappa shape index (κ3) is 5.22. The van der Waals surface area contributed by atoms with E-state index in [0.29, 0.717) is 50.6 Å². The van der Waals surface area contributed by atoms with Crippen LogP contribution in [0.4, 0.5) is 15.8 Å². The van der Waals surface area contributed by atoms with Gasteiger partial charge in [-0.15, -0.1) is 6.58 Å². The predicted molar refractivity (Wildman–Crippen MR) is 200 cm³/mol. The van der Waals surface area contributed by atoms with Gasteiger partial charge in [0.1, 0.15) is 11.6 Å². The number of allylic oxidation sites excluding steroid dienone is 3. The van der Waals surface area contributed by atoms with Crippen LogP contribution in [-0.4, -0.2) is 39.5 Å². The predicted octanol–water partition coefficient (Wildman–Crippen LogP) is 7.31. The molecule has 2 saturated heterocycles. The zero-order chi connectivity index (χ0) is 38.1. The molecule has 0 spiro atoms. The molecule has 2 N–H and O–H groups in total. The summed E-state index contributed by atoms with van der Waals surface area (Å²) < 4.78 is 13.9. The number of hydrazine groups is 1. The quantitative estimate of drug-likeness (QED) is 0.110. The Hall–Kier alpha value is -5.87. The number of nitrogens with one attached hydrogen (secondary N) is 1. The Kier molecular flexibility index (Phi) is 8.61. The molecule has 8 rings (SSSR count). The van der Waals surface area contributed by atoms with Crippen molar-refractivity contribution in [3.05, 3.63) is 148 Å². The smallest absolute Gasteiger partial charge is 0.260 e. The van der Waals surface area contributed by atoms with Crippen LogP contribution in [0.3, 0.4) is 0 Å². The summed E-state index contributed by atoms with van der Waals surface area (Å²) in [6.45, 7) is 5.27. The maximum Gasteiger partial charge on any atom is 0.260 e. The molecule has 0 aromatic heterocycles. The molecule has 1 saturated carbocycles. The van der Waals surface area contributed by atoms with Crippen LogP contribution in [0.25, 0.3) is 0 Å². The van der Waals surface area contributed by atoms with E-state index in [0.717, 1.165) is 9.91 Å². The van der Waals surface area contributed by atoms with Gasteiger partial charge in [0, 0.05) is 22.1 Å². The monoisotopic (exact) mass is 743 g/mol. The van der Waals surface area contributed by atoms with E-state index in [4.69, 9.17) is 11.6 Å². The lowest BCUT2D eigenvalue weighted by Gasteiger charge is -2.50. The number of benzene rings is 4. The van der Waals surface area contributed by atoms with E-state index in [1.807, 2.05) is 6.08 Å². The van der Waals surface area contributed by atoms with Gasteiger partial charge in [0.25, 0.3) is 11.8 Å². The maximum absolute atomic E-state index is 15.3. The Morgan fingerprint density at radius 2 is 1.65 bits per heavy atom. The van der Waals surface area contributed by atoms with Crippen molar-refractivity contribution in [1.82, 2.24) is 5.01 Å². The number of phenolic OH excluding ortho intramolecular Hbond substituents is 1. The second-order valence-corrected chi connectivity index (χ2v) is 14.8. The van der Waals surface area contributed by atoms with Crippen LogP contribution in [-0.2, 0) is 31.0 Å². The fraction of sp³-hybridized carbons (Fsp3) is 0.233. The second kappa shape index (κ2) is 13.2. The van der Waals surface area contributed by atoms with Gasteiger partial charge >= 0.3 is 0 Å². The summed E-state index contributed by atoms with van der Waals surface area (Å²) in [7, 11) is 0.